The van der Waals surface area contributed by atoms with E-state index in [-0.39, 0.29) is 19.1 Å². The maximum Gasteiger partial charge on any atom is 0.224 e. The molecule has 1 fully saturated rings. The van der Waals surface area contributed by atoms with Crippen molar-refractivity contribution in [1.82, 2.24) is 19.5 Å². The molecular formula is C13H15N9O2. The topological polar surface area (TPSA) is 160 Å². The third kappa shape index (κ3) is 2.77. The van der Waals surface area contributed by atoms with Gasteiger partial charge in [-0.3, -0.25) is 4.57 Å². The second-order valence-electron chi connectivity index (χ2n) is 5.13. The predicted molar refractivity (Wildman–Crippen MR) is 85.6 cm³/mol. The van der Waals surface area contributed by atoms with Crippen LogP contribution in [0.1, 0.15) is 12.6 Å². The molecule has 3 atom stereocenters. The van der Waals surface area contributed by atoms with Crippen LogP contribution in [0.4, 0.5) is 11.8 Å². The van der Waals surface area contributed by atoms with Gasteiger partial charge in [0.25, 0.3) is 0 Å². The highest BCUT2D eigenvalue weighted by molar-refractivity contribution is 5.84. The zero-order chi connectivity index (χ0) is 17.1. The SMILES string of the molecule is C#CCNc1nc(N)nc2c1ncn2[C@H]1C[C@H](N=[N+]=[N-])[C@@H](CO)O1. The van der Waals surface area contributed by atoms with Crippen LogP contribution in [0, 0.1) is 12.3 Å². The number of aliphatic hydroxyl groups is 1. The first-order valence-corrected chi connectivity index (χ1v) is 7.15. The first kappa shape index (κ1) is 15.8. The number of hydrogen-bond donors (Lipinski definition) is 3. The summed E-state index contributed by atoms with van der Waals surface area (Å²) in [6, 6.07) is -0.472. The number of ether oxygens (including phenoxy) is 1. The molecule has 124 valence electrons. The largest absolute Gasteiger partial charge is 0.394 e. The summed E-state index contributed by atoms with van der Waals surface area (Å²) in [5.41, 5.74) is 15.3. The van der Waals surface area contributed by atoms with Crippen molar-refractivity contribution in [2.75, 3.05) is 24.2 Å². The Morgan fingerprint density at radius 3 is 3.17 bits per heavy atom. The number of aromatic nitrogens is 4. The summed E-state index contributed by atoms with van der Waals surface area (Å²) in [6.45, 7) is 0.0167. The maximum absolute atomic E-state index is 9.37. The number of imidazole rings is 1. The molecule has 1 aliphatic heterocycles. The van der Waals surface area contributed by atoms with Gasteiger partial charge in [-0.05, 0) is 5.53 Å². The van der Waals surface area contributed by atoms with Crippen LogP contribution in [0.2, 0.25) is 0 Å². The monoisotopic (exact) mass is 329 g/mol. The van der Waals surface area contributed by atoms with Crippen LogP contribution in [0.15, 0.2) is 11.4 Å². The number of aliphatic hydroxyl groups excluding tert-OH is 1. The normalized spacial score (nSPS) is 22.9. The Bertz CT molecular complexity index is 836. The lowest BCUT2D eigenvalue weighted by molar-refractivity contribution is -0.0232. The number of terminal acetylenes is 1. The fourth-order valence-electron chi connectivity index (χ4n) is 2.64. The molecule has 0 amide bonds. The van der Waals surface area contributed by atoms with Crippen LogP contribution in [-0.2, 0) is 4.74 Å². The minimum Gasteiger partial charge on any atom is -0.394 e. The van der Waals surface area contributed by atoms with Crippen molar-refractivity contribution in [3.8, 4) is 12.3 Å². The van der Waals surface area contributed by atoms with Gasteiger partial charge in [0, 0.05) is 11.3 Å². The molecule has 0 radical (unpaired) electrons. The Hall–Kier alpha value is -3.06. The minimum absolute atomic E-state index is 0.0621. The molecule has 0 saturated carbocycles. The molecule has 11 heteroatoms. The van der Waals surface area contributed by atoms with E-state index in [1.807, 2.05) is 0 Å². The van der Waals surface area contributed by atoms with Crippen molar-refractivity contribution >= 4 is 22.9 Å². The van der Waals surface area contributed by atoms with Gasteiger partial charge in [-0.2, -0.15) is 9.97 Å². The van der Waals surface area contributed by atoms with Gasteiger partial charge in [0.2, 0.25) is 5.95 Å². The summed E-state index contributed by atoms with van der Waals surface area (Å²) in [7, 11) is 0. The predicted octanol–water partition coefficient (Wildman–Crippen LogP) is 0.412. The second kappa shape index (κ2) is 6.59. The Morgan fingerprint density at radius 2 is 2.46 bits per heavy atom. The molecule has 2 aromatic heterocycles. The average Bonchev–Trinajstić information content (AvgIpc) is 3.16. The van der Waals surface area contributed by atoms with Crippen molar-refractivity contribution in [1.29, 1.82) is 0 Å². The Kier molecular flexibility index (Phi) is 4.35. The molecule has 3 heterocycles. The van der Waals surface area contributed by atoms with E-state index in [0.717, 1.165) is 0 Å². The molecule has 0 unspecified atom stereocenters. The van der Waals surface area contributed by atoms with Crippen LogP contribution in [-0.4, -0.2) is 49.9 Å². The Balaban J connectivity index is 1.98. The summed E-state index contributed by atoms with van der Waals surface area (Å²) in [5, 5.41) is 16.0. The quantitative estimate of drug-likeness (QED) is 0.310. The van der Waals surface area contributed by atoms with Crippen molar-refractivity contribution < 1.29 is 9.84 Å². The van der Waals surface area contributed by atoms with Crippen LogP contribution in [0.3, 0.4) is 0 Å². The average molecular weight is 329 g/mol. The van der Waals surface area contributed by atoms with Gasteiger partial charge in [0.1, 0.15) is 6.23 Å². The summed E-state index contributed by atoms with van der Waals surface area (Å²) in [4.78, 5) is 15.4. The summed E-state index contributed by atoms with van der Waals surface area (Å²) < 4.78 is 7.41. The molecule has 1 aliphatic rings. The molecule has 0 spiro atoms. The fraction of sp³-hybridized carbons (Fsp3) is 0.462. The molecule has 1 saturated heterocycles. The highest BCUT2D eigenvalue weighted by Crippen LogP contribution is 2.33. The summed E-state index contributed by atoms with van der Waals surface area (Å²) in [6.07, 6.45) is 6.10. The number of nitrogens with two attached hydrogens (primary N) is 1. The van der Waals surface area contributed by atoms with Gasteiger partial charge in [-0.15, -0.1) is 6.42 Å². The van der Waals surface area contributed by atoms with Crippen molar-refractivity contribution in [2.45, 2.75) is 24.8 Å². The summed E-state index contributed by atoms with van der Waals surface area (Å²) in [5.74, 6) is 2.94. The molecular weight excluding hydrogens is 314 g/mol. The lowest BCUT2D eigenvalue weighted by Gasteiger charge is -2.14. The van der Waals surface area contributed by atoms with Crippen molar-refractivity contribution in [3.63, 3.8) is 0 Å². The first-order chi connectivity index (χ1) is 11.7. The number of nitrogens with zero attached hydrogens (tertiary/aromatic N) is 7. The lowest BCUT2D eigenvalue weighted by atomic mass is 10.1. The first-order valence-electron chi connectivity index (χ1n) is 7.15. The molecule has 0 aromatic carbocycles. The van der Waals surface area contributed by atoms with Gasteiger partial charge in [-0.1, -0.05) is 11.0 Å². The van der Waals surface area contributed by atoms with Crippen LogP contribution < -0.4 is 11.1 Å². The van der Waals surface area contributed by atoms with E-state index in [1.165, 1.54) is 6.33 Å². The third-order valence-electron chi connectivity index (χ3n) is 3.69. The number of hydrogen-bond acceptors (Lipinski definition) is 8. The van der Waals surface area contributed by atoms with E-state index in [0.29, 0.717) is 23.4 Å². The zero-order valence-electron chi connectivity index (χ0n) is 12.6. The van der Waals surface area contributed by atoms with Gasteiger partial charge in [-0.25, -0.2) is 4.98 Å². The van der Waals surface area contributed by atoms with E-state index in [1.54, 1.807) is 4.57 Å². The standard InChI is InChI=1S/C13H15N9O2/c1-2-3-16-11-10-12(19-13(14)18-11)22(6-17-10)9-4-7(20-21-15)8(5-23)24-9/h1,6-9,23H,3-5H2,(H3,14,16,18,19)/t7-,8+,9+/m0/s1. The molecule has 3 rings (SSSR count). The molecule has 0 bridgehead atoms. The number of rotatable bonds is 5. The lowest BCUT2D eigenvalue weighted by Crippen LogP contribution is -2.22. The highest BCUT2D eigenvalue weighted by atomic mass is 16.5. The summed E-state index contributed by atoms with van der Waals surface area (Å²) >= 11 is 0. The minimum atomic E-state index is -0.582. The van der Waals surface area contributed by atoms with E-state index < -0.39 is 18.4 Å². The van der Waals surface area contributed by atoms with Gasteiger partial charge in [0.15, 0.2) is 17.0 Å². The zero-order valence-corrected chi connectivity index (χ0v) is 12.6. The van der Waals surface area contributed by atoms with E-state index in [2.05, 4.69) is 36.2 Å². The van der Waals surface area contributed by atoms with Crippen molar-refractivity contribution in [2.24, 2.45) is 5.11 Å². The van der Waals surface area contributed by atoms with E-state index >= 15 is 0 Å². The third-order valence-corrected chi connectivity index (χ3v) is 3.69. The Labute approximate surface area is 136 Å². The number of nitrogen functional groups attached to an aromatic ring is 1. The number of fused-ring (bicyclic) bond motifs is 1. The number of azide groups is 1. The van der Waals surface area contributed by atoms with E-state index in [9.17, 15) is 5.11 Å². The molecule has 0 aliphatic carbocycles. The Morgan fingerprint density at radius 1 is 1.62 bits per heavy atom. The van der Waals surface area contributed by atoms with Crippen molar-refractivity contribution in [3.05, 3.63) is 16.8 Å². The van der Waals surface area contributed by atoms with Gasteiger partial charge in [0.05, 0.1) is 31.6 Å². The van der Waals surface area contributed by atoms with E-state index in [4.69, 9.17) is 22.4 Å². The fourth-order valence-corrected chi connectivity index (χ4v) is 2.64. The maximum atomic E-state index is 9.37. The molecule has 2 aromatic rings. The van der Waals surface area contributed by atoms with Crippen LogP contribution in [0.5, 0.6) is 0 Å². The second-order valence-corrected chi connectivity index (χ2v) is 5.13. The van der Waals surface area contributed by atoms with Gasteiger partial charge >= 0.3 is 0 Å². The molecule has 24 heavy (non-hydrogen) atoms. The van der Waals surface area contributed by atoms with Crippen LogP contribution >= 0.6 is 0 Å². The molecule has 11 nitrogen and oxygen atoms in total. The molecule has 4 N–H and O–H groups in total. The van der Waals surface area contributed by atoms with Gasteiger partial charge < -0.3 is 20.9 Å². The number of anilines is 2. The highest BCUT2D eigenvalue weighted by Gasteiger charge is 2.36. The van der Waals surface area contributed by atoms with Crippen LogP contribution in [0.25, 0.3) is 21.6 Å². The number of nitrogens with one attached hydrogen (secondary N) is 1. The smallest absolute Gasteiger partial charge is 0.224 e.